The summed E-state index contributed by atoms with van der Waals surface area (Å²) in [7, 11) is -3.89. The number of aryl methyl sites for hydroxylation is 1. The second kappa shape index (κ2) is 7.14. The zero-order valence-corrected chi connectivity index (χ0v) is 13.4. The van der Waals surface area contributed by atoms with Crippen molar-refractivity contribution in [1.29, 1.82) is 0 Å². The monoisotopic (exact) mass is 348 g/mol. The van der Waals surface area contributed by atoms with E-state index < -0.39 is 21.9 Å². The third-order valence-corrected chi connectivity index (χ3v) is 4.68. The molecule has 4 N–H and O–H groups in total. The third-order valence-electron chi connectivity index (χ3n) is 3.30. The maximum Gasteiger partial charge on any atom is 0.303 e. The lowest BCUT2D eigenvalue weighted by molar-refractivity contribution is -0.136. The highest BCUT2D eigenvalue weighted by atomic mass is 32.2. The number of sulfonamides is 1. The van der Waals surface area contributed by atoms with Gasteiger partial charge in [-0.25, -0.2) is 8.42 Å². The van der Waals surface area contributed by atoms with Gasteiger partial charge in [-0.1, -0.05) is 24.3 Å². The largest absolute Gasteiger partial charge is 0.481 e. The highest BCUT2D eigenvalue weighted by Gasteiger charge is 2.17. The van der Waals surface area contributed by atoms with E-state index in [-0.39, 0.29) is 22.6 Å². The maximum absolute atomic E-state index is 12.4. The Morgan fingerprint density at radius 3 is 2.25 bits per heavy atom. The highest BCUT2D eigenvalue weighted by Crippen LogP contribution is 2.20. The summed E-state index contributed by atoms with van der Waals surface area (Å²) in [5.74, 6) is -1.66. The molecule has 0 bridgehead atoms. The van der Waals surface area contributed by atoms with Crippen LogP contribution in [0.2, 0.25) is 0 Å². The number of nitrogens with one attached hydrogen (secondary N) is 1. The smallest absolute Gasteiger partial charge is 0.303 e. The number of hydrogen-bond acceptors (Lipinski definition) is 4. The number of carboxylic acids is 1. The van der Waals surface area contributed by atoms with Gasteiger partial charge in [0.25, 0.3) is 15.9 Å². The van der Waals surface area contributed by atoms with Gasteiger partial charge in [-0.15, -0.1) is 0 Å². The number of hydrogen-bond donors (Lipinski definition) is 3. The second-order valence-electron chi connectivity index (χ2n) is 5.05. The van der Waals surface area contributed by atoms with Crippen LogP contribution >= 0.6 is 0 Å². The number of aliphatic carboxylic acids is 1. The number of carboxylic acid groups (broad SMARTS) is 1. The van der Waals surface area contributed by atoms with Gasteiger partial charge in [0.2, 0.25) is 0 Å². The highest BCUT2D eigenvalue weighted by molar-refractivity contribution is 7.92. The molecule has 0 atom stereocenters. The van der Waals surface area contributed by atoms with E-state index in [4.69, 9.17) is 10.8 Å². The average molecular weight is 348 g/mol. The Morgan fingerprint density at radius 2 is 1.67 bits per heavy atom. The van der Waals surface area contributed by atoms with E-state index >= 15 is 0 Å². The van der Waals surface area contributed by atoms with Crippen LogP contribution in [0.25, 0.3) is 0 Å². The molecule has 0 aliphatic heterocycles. The van der Waals surface area contributed by atoms with Crippen molar-refractivity contribution in [2.24, 2.45) is 5.73 Å². The summed E-state index contributed by atoms with van der Waals surface area (Å²) < 4.78 is 27.1. The van der Waals surface area contributed by atoms with Crippen LogP contribution in [0.1, 0.15) is 22.3 Å². The average Bonchev–Trinajstić information content (AvgIpc) is 2.53. The van der Waals surface area contributed by atoms with E-state index in [1.807, 2.05) is 0 Å². The molecule has 1 amide bonds. The molecule has 0 saturated carbocycles. The number of rotatable bonds is 7. The molecule has 0 spiro atoms. The minimum Gasteiger partial charge on any atom is -0.481 e. The summed E-state index contributed by atoms with van der Waals surface area (Å²) in [4.78, 5) is 21.9. The minimum atomic E-state index is -3.89. The van der Waals surface area contributed by atoms with Crippen LogP contribution in [0.4, 0.5) is 5.69 Å². The SMILES string of the molecule is NC(=O)c1ccccc1NS(=O)(=O)c1ccc(CCC(=O)O)cc1. The first kappa shape index (κ1) is 17.5. The molecule has 0 aliphatic rings. The molecule has 0 fully saturated rings. The van der Waals surface area contributed by atoms with Gasteiger partial charge in [-0.05, 0) is 36.2 Å². The molecule has 126 valence electrons. The first-order valence-electron chi connectivity index (χ1n) is 7.02. The molecule has 7 nitrogen and oxygen atoms in total. The summed E-state index contributed by atoms with van der Waals surface area (Å²) in [5, 5.41) is 8.65. The molecule has 0 saturated heterocycles. The second-order valence-corrected chi connectivity index (χ2v) is 6.74. The van der Waals surface area contributed by atoms with Crippen LogP contribution in [0.3, 0.4) is 0 Å². The molecule has 24 heavy (non-hydrogen) atoms. The van der Waals surface area contributed by atoms with E-state index in [1.165, 1.54) is 24.3 Å². The predicted molar refractivity (Wildman–Crippen MR) is 88.2 cm³/mol. The van der Waals surface area contributed by atoms with Gasteiger partial charge in [0.1, 0.15) is 0 Å². The van der Waals surface area contributed by atoms with Crippen LogP contribution in [0.15, 0.2) is 53.4 Å². The van der Waals surface area contributed by atoms with Gasteiger partial charge in [0.05, 0.1) is 16.1 Å². The fraction of sp³-hybridized carbons (Fsp3) is 0.125. The number of amides is 1. The maximum atomic E-state index is 12.4. The molecule has 0 radical (unpaired) electrons. The van der Waals surface area contributed by atoms with E-state index in [0.29, 0.717) is 12.0 Å². The first-order chi connectivity index (χ1) is 11.3. The summed E-state index contributed by atoms with van der Waals surface area (Å²) in [6, 6.07) is 11.9. The number of benzene rings is 2. The van der Waals surface area contributed by atoms with Crippen LogP contribution in [0, 0.1) is 0 Å². The summed E-state index contributed by atoms with van der Waals surface area (Å²) in [5.41, 5.74) is 6.11. The van der Waals surface area contributed by atoms with Gasteiger partial charge in [-0.3, -0.25) is 14.3 Å². The summed E-state index contributed by atoms with van der Waals surface area (Å²) in [6.07, 6.45) is 0.282. The number of carbonyl (C=O) groups excluding carboxylic acids is 1. The molecule has 0 aliphatic carbocycles. The molecule has 8 heteroatoms. The molecule has 0 heterocycles. The van der Waals surface area contributed by atoms with Crippen molar-refractivity contribution in [3.05, 3.63) is 59.7 Å². The number of primary amides is 1. The lowest BCUT2D eigenvalue weighted by atomic mass is 10.1. The third kappa shape index (κ3) is 4.32. The Balaban J connectivity index is 2.22. The van der Waals surface area contributed by atoms with Crippen molar-refractivity contribution < 1.29 is 23.1 Å². The summed E-state index contributed by atoms with van der Waals surface area (Å²) >= 11 is 0. The Labute approximate surface area is 139 Å². The van der Waals surface area contributed by atoms with Crippen molar-refractivity contribution in [1.82, 2.24) is 0 Å². The van der Waals surface area contributed by atoms with Gasteiger partial charge in [0.15, 0.2) is 0 Å². The molecule has 2 aromatic carbocycles. The van der Waals surface area contributed by atoms with Crippen molar-refractivity contribution in [2.45, 2.75) is 17.7 Å². The lowest BCUT2D eigenvalue weighted by Crippen LogP contribution is -2.18. The quantitative estimate of drug-likeness (QED) is 0.700. The number of anilines is 1. The van der Waals surface area contributed by atoms with Gasteiger partial charge in [-0.2, -0.15) is 0 Å². The zero-order chi connectivity index (χ0) is 17.7. The van der Waals surface area contributed by atoms with E-state index in [1.54, 1.807) is 24.3 Å². The Kier molecular flexibility index (Phi) is 5.20. The molecule has 0 unspecified atom stereocenters. The first-order valence-corrected chi connectivity index (χ1v) is 8.50. The topological polar surface area (TPSA) is 127 Å². The molecular weight excluding hydrogens is 332 g/mol. The number of carbonyl (C=O) groups is 2. The van der Waals surface area contributed by atoms with Crippen molar-refractivity contribution in [3.63, 3.8) is 0 Å². The molecule has 2 aromatic rings. The van der Waals surface area contributed by atoms with Crippen molar-refractivity contribution >= 4 is 27.6 Å². The fourth-order valence-corrected chi connectivity index (χ4v) is 3.16. The number of para-hydroxylation sites is 1. The van der Waals surface area contributed by atoms with Crippen molar-refractivity contribution in [2.75, 3.05) is 4.72 Å². The van der Waals surface area contributed by atoms with Crippen LogP contribution in [0.5, 0.6) is 0 Å². The normalized spacial score (nSPS) is 11.0. The van der Waals surface area contributed by atoms with Gasteiger partial charge < -0.3 is 10.8 Å². The standard InChI is InChI=1S/C16H16N2O5S/c17-16(21)13-3-1-2-4-14(13)18-24(22,23)12-8-5-11(6-9-12)7-10-15(19)20/h1-6,8-9,18H,7,10H2,(H2,17,21)(H,19,20). The van der Waals surface area contributed by atoms with E-state index in [0.717, 1.165) is 0 Å². The predicted octanol–water partition coefficient (Wildman–Crippen LogP) is 1.60. The van der Waals surface area contributed by atoms with Gasteiger partial charge in [0, 0.05) is 6.42 Å². The Bertz CT molecular complexity index is 860. The lowest BCUT2D eigenvalue weighted by Gasteiger charge is -2.11. The minimum absolute atomic E-state index is 0.000786. The van der Waals surface area contributed by atoms with Crippen LogP contribution in [-0.4, -0.2) is 25.4 Å². The van der Waals surface area contributed by atoms with E-state index in [2.05, 4.69) is 4.72 Å². The summed E-state index contributed by atoms with van der Waals surface area (Å²) in [6.45, 7) is 0. The zero-order valence-electron chi connectivity index (χ0n) is 12.6. The van der Waals surface area contributed by atoms with Gasteiger partial charge >= 0.3 is 5.97 Å². The molecular formula is C16H16N2O5S. The van der Waals surface area contributed by atoms with Crippen LogP contribution < -0.4 is 10.5 Å². The van der Waals surface area contributed by atoms with Crippen molar-refractivity contribution in [3.8, 4) is 0 Å². The Hall–Kier alpha value is -2.87. The number of nitrogens with two attached hydrogens (primary N) is 1. The Morgan fingerprint density at radius 1 is 1.04 bits per heavy atom. The molecule has 2 rings (SSSR count). The fourth-order valence-electron chi connectivity index (χ4n) is 2.08. The van der Waals surface area contributed by atoms with Crippen LogP contribution in [-0.2, 0) is 21.2 Å². The van der Waals surface area contributed by atoms with E-state index in [9.17, 15) is 18.0 Å². The molecule has 0 aromatic heterocycles.